The second-order valence-corrected chi connectivity index (χ2v) is 6.10. The SMILES string of the molecule is CN(C)Cc1c(C(=O)Nc2ccc(C(F)(F)F)cc2)nc2ccccn12. The summed E-state index contributed by atoms with van der Waals surface area (Å²) in [5.41, 5.74) is 1.08. The van der Waals surface area contributed by atoms with Gasteiger partial charge in [-0.05, 0) is 50.5 Å². The van der Waals surface area contributed by atoms with E-state index in [9.17, 15) is 18.0 Å². The summed E-state index contributed by atoms with van der Waals surface area (Å²) < 4.78 is 39.7. The largest absolute Gasteiger partial charge is 0.416 e. The van der Waals surface area contributed by atoms with Gasteiger partial charge >= 0.3 is 6.18 Å². The molecule has 0 saturated carbocycles. The fourth-order valence-electron chi connectivity index (χ4n) is 2.61. The van der Waals surface area contributed by atoms with Gasteiger partial charge in [-0.1, -0.05) is 6.07 Å². The minimum atomic E-state index is -4.41. The van der Waals surface area contributed by atoms with E-state index in [-0.39, 0.29) is 11.4 Å². The van der Waals surface area contributed by atoms with Crippen LogP contribution in [0, 0.1) is 0 Å². The first-order valence-corrected chi connectivity index (χ1v) is 7.85. The molecular weight excluding hydrogens is 345 g/mol. The first-order chi connectivity index (χ1) is 12.3. The van der Waals surface area contributed by atoms with Gasteiger partial charge in [0.05, 0.1) is 11.3 Å². The summed E-state index contributed by atoms with van der Waals surface area (Å²) in [6, 6.07) is 9.75. The number of hydrogen-bond acceptors (Lipinski definition) is 3. The molecule has 2 aromatic heterocycles. The third kappa shape index (κ3) is 3.70. The summed E-state index contributed by atoms with van der Waals surface area (Å²) in [6.07, 6.45) is -2.60. The van der Waals surface area contributed by atoms with Crippen molar-refractivity contribution in [2.75, 3.05) is 19.4 Å². The zero-order valence-electron chi connectivity index (χ0n) is 14.2. The van der Waals surface area contributed by atoms with E-state index in [4.69, 9.17) is 0 Å². The minimum Gasteiger partial charge on any atom is -0.321 e. The molecule has 1 N–H and O–H groups in total. The highest BCUT2D eigenvalue weighted by Gasteiger charge is 2.30. The Morgan fingerprint density at radius 1 is 1.15 bits per heavy atom. The molecule has 0 aliphatic carbocycles. The Balaban J connectivity index is 1.90. The van der Waals surface area contributed by atoms with Gasteiger partial charge in [-0.2, -0.15) is 13.2 Å². The van der Waals surface area contributed by atoms with Crippen LogP contribution in [0.15, 0.2) is 48.7 Å². The fourth-order valence-corrected chi connectivity index (χ4v) is 2.61. The fraction of sp³-hybridized carbons (Fsp3) is 0.222. The molecule has 1 amide bonds. The molecule has 26 heavy (non-hydrogen) atoms. The number of nitrogens with zero attached hydrogens (tertiary/aromatic N) is 3. The van der Waals surface area contributed by atoms with E-state index in [1.807, 2.05) is 41.7 Å². The Kier molecular flexibility index (Phi) is 4.69. The average molecular weight is 362 g/mol. The molecular formula is C18H17F3N4O. The molecule has 0 bridgehead atoms. The van der Waals surface area contributed by atoms with Gasteiger partial charge in [0.25, 0.3) is 5.91 Å². The molecule has 3 rings (SSSR count). The van der Waals surface area contributed by atoms with E-state index in [1.165, 1.54) is 12.1 Å². The zero-order valence-corrected chi connectivity index (χ0v) is 14.2. The molecule has 0 fully saturated rings. The van der Waals surface area contributed by atoms with Crippen LogP contribution in [0.1, 0.15) is 21.7 Å². The third-order valence-corrected chi connectivity index (χ3v) is 3.78. The number of amides is 1. The minimum absolute atomic E-state index is 0.241. The van der Waals surface area contributed by atoms with Crippen molar-refractivity contribution < 1.29 is 18.0 Å². The highest BCUT2D eigenvalue weighted by molar-refractivity contribution is 6.04. The normalized spacial score (nSPS) is 11.9. The number of carbonyl (C=O) groups is 1. The number of aromatic nitrogens is 2. The highest BCUT2D eigenvalue weighted by Crippen LogP contribution is 2.30. The molecule has 2 heterocycles. The summed E-state index contributed by atoms with van der Waals surface area (Å²) in [5.74, 6) is -0.467. The van der Waals surface area contributed by atoms with Crippen LogP contribution in [0.5, 0.6) is 0 Å². The average Bonchev–Trinajstić information content (AvgIpc) is 2.93. The maximum atomic E-state index is 12.6. The van der Waals surface area contributed by atoms with Crippen molar-refractivity contribution >= 4 is 17.2 Å². The summed E-state index contributed by atoms with van der Waals surface area (Å²) >= 11 is 0. The highest BCUT2D eigenvalue weighted by atomic mass is 19.4. The Labute approximate surface area is 148 Å². The van der Waals surface area contributed by atoms with Crippen molar-refractivity contribution in [2.24, 2.45) is 0 Å². The van der Waals surface area contributed by atoms with Crippen molar-refractivity contribution in [3.05, 3.63) is 65.6 Å². The van der Waals surface area contributed by atoms with Gasteiger partial charge in [-0.3, -0.25) is 4.79 Å². The number of hydrogen-bond donors (Lipinski definition) is 1. The molecule has 0 unspecified atom stereocenters. The maximum Gasteiger partial charge on any atom is 0.416 e. The lowest BCUT2D eigenvalue weighted by Crippen LogP contribution is -2.19. The number of carbonyl (C=O) groups excluding carboxylic acids is 1. The number of nitrogens with one attached hydrogen (secondary N) is 1. The van der Waals surface area contributed by atoms with Gasteiger partial charge < -0.3 is 14.6 Å². The molecule has 8 heteroatoms. The molecule has 0 saturated heterocycles. The van der Waals surface area contributed by atoms with E-state index in [2.05, 4.69) is 10.3 Å². The lowest BCUT2D eigenvalue weighted by molar-refractivity contribution is -0.137. The molecule has 0 aliphatic rings. The third-order valence-electron chi connectivity index (χ3n) is 3.78. The number of rotatable bonds is 4. The first kappa shape index (κ1) is 17.9. The van der Waals surface area contributed by atoms with Gasteiger partial charge in [0.2, 0.25) is 0 Å². The predicted molar refractivity (Wildman–Crippen MR) is 92.0 cm³/mol. The molecule has 0 radical (unpaired) electrons. The van der Waals surface area contributed by atoms with Gasteiger partial charge in [0.1, 0.15) is 5.65 Å². The quantitative estimate of drug-likeness (QED) is 0.771. The van der Waals surface area contributed by atoms with E-state index in [0.717, 1.165) is 12.1 Å². The number of anilines is 1. The molecule has 0 atom stereocenters. The Bertz CT molecular complexity index is 930. The monoisotopic (exact) mass is 362 g/mol. The van der Waals surface area contributed by atoms with E-state index in [1.54, 1.807) is 6.07 Å². The van der Waals surface area contributed by atoms with E-state index < -0.39 is 17.6 Å². The summed E-state index contributed by atoms with van der Waals surface area (Å²) in [5, 5.41) is 2.61. The van der Waals surface area contributed by atoms with Crippen LogP contribution < -0.4 is 5.32 Å². The van der Waals surface area contributed by atoms with Gasteiger partial charge in [0.15, 0.2) is 5.69 Å². The lowest BCUT2D eigenvalue weighted by atomic mass is 10.2. The molecule has 3 aromatic rings. The van der Waals surface area contributed by atoms with Crippen molar-refractivity contribution in [1.82, 2.24) is 14.3 Å². The van der Waals surface area contributed by atoms with Crippen molar-refractivity contribution in [3.8, 4) is 0 Å². The van der Waals surface area contributed by atoms with Crippen LogP contribution in [0.25, 0.3) is 5.65 Å². The Hall–Kier alpha value is -2.87. The smallest absolute Gasteiger partial charge is 0.321 e. The molecule has 0 aliphatic heterocycles. The molecule has 5 nitrogen and oxygen atoms in total. The van der Waals surface area contributed by atoms with E-state index in [0.29, 0.717) is 17.9 Å². The van der Waals surface area contributed by atoms with Crippen LogP contribution in [0.4, 0.5) is 18.9 Å². The lowest BCUT2D eigenvalue weighted by Gasteiger charge is -2.12. The van der Waals surface area contributed by atoms with Gasteiger partial charge in [0, 0.05) is 18.4 Å². The summed E-state index contributed by atoms with van der Waals surface area (Å²) in [4.78, 5) is 18.9. The predicted octanol–water partition coefficient (Wildman–Crippen LogP) is 3.67. The van der Waals surface area contributed by atoms with E-state index >= 15 is 0 Å². The van der Waals surface area contributed by atoms with Crippen molar-refractivity contribution in [3.63, 3.8) is 0 Å². The number of benzene rings is 1. The second-order valence-electron chi connectivity index (χ2n) is 6.10. The topological polar surface area (TPSA) is 49.6 Å². The molecule has 136 valence electrons. The molecule has 0 spiro atoms. The first-order valence-electron chi connectivity index (χ1n) is 7.85. The number of halogens is 3. The summed E-state index contributed by atoms with van der Waals surface area (Å²) in [7, 11) is 3.75. The number of pyridine rings is 1. The zero-order chi connectivity index (χ0) is 18.9. The van der Waals surface area contributed by atoms with Crippen LogP contribution in [-0.2, 0) is 12.7 Å². The van der Waals surface area contributed by atoms with Crippen LogP contribution >= 0.6 is 0 Å². The number of fused-ring (bicyclic) bond motifs is 1. The van der Waals surface area contributed by atoms with Gasteiger partial charge in [-0.15, -0.1) is 0 Å². The summed E-state index contributed by atoms with van der Waals surface area (Å²) in [6.45, 7) is 0.487. The van der Waals surface area contributed by atoms with Crippen LogP contribution in [0.2, 0.25) is 0 Å². The molecule has 1 aromatic carbocycles. The second kappa shape index (κ2) is 6.80. The van der Waals surface area contributed by atoms with Crippen LogP contribution in [-0.4, -0.2) is 34.3 Å². The van der Waals surface area contributed by atoms with Crippen molar-refractivity contribution in [2.45, 2.75) is 12.7 Å². The Morgan fingerprint density at radius 3 is 2.46 bits per heavy atom. The standard InChI is InChI=1S/C18H17F3N4O/c1-24(2)11-14-16(23-15-5-3-4-10-25(14)15)17(26)22-13-8-6-12(7-9-13)18(19,20)21/h3-10H,11H2,1-2H3,(H,22,26). The Morgan fingerprint density at radius 2 is 1.85 bits per heavy atom. The number of imidazole rings is 1. The van der Waals surface area contributed by atoms with Crippen molar-refractivity contribution in [1.29, 1.82) is 0 Å². The van der Waals surface area contributed by atoms with Crippen LogP contribution in [0.3, 0.4) is 0 Å². The maximum absolute atomic E-state index is 12.6. The number of alkyl halides is 3. The van der Waals surface area contributed by atoms with Gasteiger partial charge in [-0.25, -0.2) is 4.98 Å².